The number of hydrogen-bond donors (Lipinski definition) is 3. The van der Waals surface area contributed by atoms with Gasteiger partial charge in [0.15, 0.2) is 16.8 Å². The zero-order valence-corrected chi connectivity index (χ0v) is 10.5. The number of rotatable bonds is 3. The van der Waals surface area contributed by atoms with Gasteiger partial charge in [-0.2, -0.15) is 0 Å². The number of carbonyl (C=O) groups excluding carboxylic acids is 1. The number of amides is 2. The third-order valence-electron chi connectivity index (χ3n) is 2.19. The number of carboxylic acids is 1. The summed E-state index contributed by atoms with van der Waals surface area (Å²) in [7, 11) is 0. The standard InChI is InChI=1S/C11H7F2N3O3S/c12-6-3-5(9(17)18)8(4-7(6)13)15-10(19)16-11-14-1-2-20-11/h1-4H,(H,17,18)(H2,14,15,16,19). The molecular weight excluding hydrogens is 292 g/mol. The second-order valence-electron chi connectivity index (χ2n) is 3.53. The summed E-state index contributed by atoms with van der Waals surface area (Å²) < 4.78 is 26.1. The van der Waals surface area contributed by atoms with Gasteiger partial charge in [-0.15, -0.1) is 11.3 Å². The maximum atomic E-state index is 13.1. The van der Waals surface area contributed by atoms with Gasteiger partial charge in [-0.25, -0.2) is 23.4 Å². The number of carboxylic acid groups (broad SMARTS) is 1. The van der Waals surface area contributed by atoms with Crippen molar-refractivity contribution in [3.63, 3.8) is 0 Å². The zero-order chi connectivity index (χ0) is 14.7. The van der Waals surface area contributed by atoms with Crippen molar-refractivity contribution in [1.82, 2.24) is 4.98 Å². The first kappa shape index (κ1) is 13.9. The highest BCUT2D eigenvalue weighted by Crippen LogP contribution is 2.21. The molecule has 0 aliphatic rings. The van der Waals surface area contributed by atoms with Crippen molar-refractivity contribution < 1.29 is 23.5 Å². The molecule has 9 heteroatoms. The van der Waals surface area contributed by atoms with Gasteiger partial charge in [0, 0.05) is 17.6 Å². The molecule has 0 atom stereocenters. The van der Waals surface area contributed by atoms with E-state index in [4.69, 9.17) is 5.11 Å². The molecule has 2 rings (SSSR count). The van der Waals surface area contributed by atoms with E-state index in [9.17, 15) is 18.4 Å². The highest BCUT2D eigenvalue weighted by atomic mass is 32.1. The molecular formula is C11H7F2N3O3S. The van der Waals surface area contributed by atoms with Crippen molar-refractivity contribution in [1.29, 1.82) is 0 Å². The lowest BCUT2D eigenvalue weighted by molar-refractivity contribution is 0.0697. The van der Waals surface area contributed by atoms with E-state index >= 15 is 0 Å². The quantitative estimate of drug-likeness (QED) is 0.812. The number of aromatic nitrogens is 1. The van der Waals surface area contributed by atoms with Crippen LogP contribution in [0.1, 0.15) is 10.4 Å². The van der Waals surface area contributed by atoms with Crippen molar-refractivity contribution in [2.45, 2.75) is 0 Å². The number of thiazole rings is 1. The lowest BCUT2D eigenvalue weighted by Gasteiger charge is -2.09. The van der Waals surface area contributed by atoms with Gasteiger partial charge in [0.05, 0.1) is 11.3 Å². The van der Waals surface area contributed by atoms with Crippen molar-refractivity contribution >= 4 is 34.2 Å². The van der Waals surface area contributed by atoms with Gasteiger partial charge in [-0.1, -0.05) is 0 Å². The van der Waals surface area contributed by atoms with Gasteiger partial charge in [-0.3, -0.25) is 5.32 Å². The first-order chi connectivity index (χ1) is 9.47. The van der Waals surface area contributed by atoms with Crippen LogP contribution in [-0.2, 0) is 0 Å². The van der Waals surface area contributed by atoms with Crippen molar-refractivity contribution in [2.75, 3.05) is 10.6 Å². The predicted octanol–water partition coefficient (Wildman–Crippen LogP) is 2.76. The molecule has 0 unspecified atom stereocenters. The van der Waals surface area contributed by atoms with Crippen molar-refractivity contribution in [3.8, 4) is 0 Å². The summed E-state index contributed by atoms with van der Waals surface area (Å²) in [6.07, 6.45) is 1.46. The maximum absolute atomic E-state index is 13.1. The molecule has 0 radical (unpaired) electrons. The van der Waals surface area contributed by atoms with Gasteiger partial charge in [0.25, 0.3) is 0 Å². The van der Waals surface area contributed by atoms with Crippen molar-refractivity contribution in [2.24, 2.45) is 0 Å². The van der Waals surface area contributed by atoms with Gasteiger partial charge < -0.3 is 10.4 Å². The van der Waals surface area contributed by atoms with Gasteiger partial charge in [0.1, 0.15) is 0 Å². The third kappa shape index (κ3) is 3.06. The molecule has 2 aromatic rings. The lowest BCUT2D eigenvalue weighted by atomic mass is 10.1. The smallest absolute Gasteiger partial charge is 0.337 e. The molecule has 0 saturated carbocycles. The zero-order valence-electron chi connectivity index (χ0n) is 9.68. The summed E-state index contributed by atoms with van der Waals surface area (Å²) in [5.74, 6) is -4.07. The molecule has 0 fully saturated rings. The van der Waals surface area contributed by atoms with Crippen molar-refractivity contribution in [3.05, 3.63) is 40.9 Å². The summed E-state index contributed by atoms with van der Waals surface area (Å²) in [5, 5.41) is 15.2. The minimum absolute atomic E-state index is 0.280. The molecule has 0 spiro atoms. The van der Waals surface area contributed by atoms with Crippen LogP contribution in [0.2, 0.25) is 0 Å². The van der Waals surface area contributed by atoms with Crippen LogP contribution < -0.4 is 10.6 Å². The highest BCUT2D eigenvalue weighted by Gasteiger charge is 2.17. The maximum Gasteiger partial charge on any atom is 0.337 e. The Hall–Kier alpha value is -2.55. The van der Waals surface area contributed by atoms with Crippen LogP contribution in [0.5, 0.6) is 0 Å². The fourth-order valence-corrected chi connectivity index (χ4v) is 1.89. The number of nitrogens with one attached hydrogen (secondary N) is 2. The number of hydrogen-bond acceptors (Lipinski definition) is 4. The van der Waals surface area contributed by atoms with E-state index in [2.05, 4.69) is 15.6 Å². The molecule has 20 heavy (non-hydrogen) atoms. The Morgan fingerprint density at radius 1 is 1.20 bits per heavy atom. The fraction of sp³-hybridized carbons (Fsp3) is 0. The van der Waals surface area contributed by atoms with Crippen LogP contribution in [-0.4, -0.2) is 22.1 Å². The number of urea groups is 1. The Bertz CT molecular complexity index is 661. The number of nitrogens with zero attached hydrogens (tertiary/aromatic N) is 1. The molecule has 3 N–H and O–H groups in total. The van der Waals surface area contributed by atoms with Crippen LogP contribution in [0.25, 0.3) is 0 Å². The summed E-state index contributed by atoms with van der Waals surface area (Å²) in [6.45, 7) is 0. The Morgan fingerprint density at radius 2 is 1.90 bits per heavy atom. The molecule has 0 saturated heterocycles. The number of halogens is 2. The Balaban J connectivity index is 2.22. The molecule has 1 aromatic heterocycles. The SMILES string of the molecule is O=C(Nc1nccs1)Nc1cc(F)c(F)cc1C(=O)O. The first-order valence-electron chi connectivity index (χ1n) is 5.17. The lowest BCUT2D eigenvalue weighted by Crippen LogP contribution is -2.21. The summed E-state index contributed by atoms with van der Waals surface area (Å²) >= 11 is 1.14. The van der Waals surface area contributed by atoms with E-state index in [1.54, 1.807) is 5.38 Å². The average molecular weight is 299 g/mol. The predicted molar refractivity (Wildman–Crippen MR) is 68.1 cm³/mol. The van der Waals surface area contributed by atoms with E-state index in [-0.39, 0.29) is 10.8 Å². The van der Waals surface area contributed by atoms with Crippen LogP contribution in [0.4, 0.5) is 24.4 Å². The van der Waals surface area contributed by atoms with E-state index in [0.717, 1.165) is 11.3 Å². The number of benzene rings is 1. The van der Waals surface area contributed by atoms with E-state index in [1.165, 1.54) is 6.20 Å². The molecule has 0 aliphatic carbocycles. The number of carbonyl (C=O) groups is 2. The Labute approximate surface area is 115 Å². The van der Waals surface area contributed by atoms with Gasteiger partial charge >= 0.3 is 12.0 Å². The molecule has 1 heterocycles. The molecule has 104 valence electrons. The van der Waals surface area contributed by atoms with Gasteiger partial charge in [-0.05, 0) is 6.07 Å². The van der Waals surface area contributed by atoms with Crippen LogP contribution in [0.3, 0.4) is 0 Å². The summed E-state index contributed by atoms with van der Waals surface area (Å²) in [6, 6.07) is 0.283. The van der Waals surface area contributed by atoms with E-state index in [1.807, 2.05) is 0 Å². The molecule has 0 bridgehead atoms. The van der Waals surface area contributed by atoms with Gasteiger partial charge in [0.2, 0.25) is 0 Å². The second kappa shape index (κ2) is 5.61. The third-order valence-corrected chi connectivity index (χ3v) is 2.88. The first-order valence-corrected chi connectivity index (χ1v) is 6.05. The monoisotopic (exact) mass is 299 g/mol. The summed E-state index contributed by atoms with van der Waals surface area (Å²) in [5.41, 5.74) is -0.913. The second-order valence-corrected chi connectivity index (χ2v) is 4.43. The highest BCUT2D eigenvalue weighted by molar-refractivity contribution is 7.13. The van der Waals surface area contributed by atoms with Crippen LogP contribution in [0, 0.1) is 11.6 Å². The molecule has 6 nitrogen and oxygen atoms in total. The molecule has 1 aromatic carbocycles. The van der Waals surface area contributed by atoms with Crippen LogP contribution >= 0.6 is 11.3 Å². The Kier molecular flexibility index (Phi) is 3.89. The number of aromatic carboxylic acids is 1. The fourth-order valence-electron chi connectivity index (χ4n) is 1.36. The summed E-state index contributed by atoms with van der Waals surface area (Å²) in [4.78, 5) is 26.3. The van der Waals surface area contributed by atoms with E-state index < -0.39 is 29.2 Å². The van der Waals surface area contributed by atoms with E-state index in [0.29, 0.717) is 12.1 Å². The largest absolute Gasteiger partial charge is 0.478 e. The minimum Gasteiger partial charge on any atom is -0.478 e. The minimum atomic E-state index is -1.49. The number of anilines is 2. The normalized spacial score (nSPS) is 10.1. The molecule has 2 amide bonds. The Morgan fingerprint density at radius 3 is 2.50 bits per heavy atom. The topological polar surface area (TPSA) is 91.3 Å². The molecule has 0 aliphatic heterocycles. The average Bonchev–Trinajstić information content (AvgIpc) is 2.85. The van der Waals surface area contributed by atoms with Crippen LogP contribution in [0.15, 0.2) is 23.7 Å².